The van der Waals surface area contributed by atoms with Crippen LogP contribution in [0, 0.1) is 13.8 Å². The van der Waals surface area contributed by atoms with Crippen molar-refractivity contribution in [3.05, 3.63) is 98.7 Å². The summed E-state index contributed by atoms with van der Waals surface area (Å²) in [5, 5.41) is 0.957. The summed E-state index contributed by atoms with van der Waals surface area (Å²) in [6.07, 6.45) is 0. The van der Waals surface area contributed by atoms with Crippen LogP contribution in [0.5, 0.6) is 5.75 Å². The Labute approximate surface area is 178 Å². The van der Waals surface area contributed by atoms with Crippen LogP contribution in [0.2, 0.25) is 5.02 Å². The molecular formula is C25H19ClO4. The molecule has 3 aromatic carbocycles. The average Bonchev–Trinajstić information content (AvgIpc) is 2.75. The van der Waals surface area contributed by atoms with Crippen molar-refractivity contribution in [1.29, 1.82) is 0 Å². The van der Waals surface area contributed by atoms with Crippen molar-refractivity contribution < 1.29 is 13.9 Å². The van der Waals surface area contributed by atoms with Crippen LogP contribution in [0.15, 0.2) is 75.9 Å². The molecule has 0 aliphatic heterocycles. The van der Waals surface area contributed by atoms with Gasteiger partial charge in [0.15, 0.2) is 18.2 Å². The molecule has 4 rings (SSSR count). The maximum atomic E-state index is 13.1. The highest BCUT2D eigenvalue weighted by Gasteiger charge is 2.19. The first-order valence-electron chi connectivity index (χ1n) is 9.49. The van der Waals surface area contributed by atoms with Crippen LogP contribution in [0.4, 0.5) is 0 Å². The second-order valence-corrected chi connectivity index (χ2v) is 7.54. The minimum atomic E-state index is -0.324. The topological polar surface area (TPSA) is 56.5 Å². The smallest absolute Gasteiger partial charge is 0.235 e. The lowest BCUT2D eigenvalue weighted by molar-refractivity contribution is 0.0920. The number of hydrogen-bond acceptors (Lipinski definition) is 4. The second-order valence-electron chi connectivity index (χ2n) is 7.10. The van der Waals surface area contributed by atoms with Crippen molar-refractivity contribution >= 4 is 28.4 Å². The Hall–Kier alpha value is -3.37. The Balaban J connectivity index is 1.74. The molecule has 0 aliphatic carbocycles. The molecule has 0 unspecified atom stereocenters. The highest BCUT2D eigenvalue weighted by atomic mass is 35.5. The fourth-order valence-corrected chi connectivity index (χ4v) is 3.31. The number of halogens is 1. The molecule has 4 aromatic rings. The van der Waals surface area contributed by atoms with E-state index in [1.54, 1.807) is 54.6 Å². The van der Waals surface area contributed by atoms with Crippen LogP contribution < -0.4 is 10.2 Å². The molecule has 0 atom stereocenters. The summed E-state index contributed by atoms with van der Waals surface area (Å²) < 4.78 is 11.8. The molecule has 0 aliphatic rings. The normalized spacial score (nSPS) is 10.9. The Kier molecular flexibility index (Phi) is 5.42. The number of rotatable bonds is 5. The summed E-state index contributed by atoms with van der Waals surface area (Å²) in [6, 6.07) is 19.3. The molecule has 0 fully saturated rings. The zero-order chi connectivity index (χ0) is 21.3. The van der Waals surface area contributed by atoms with E-state index in [4.69, 9.17) is 20.8 Å². The van der Waals surface area contributed by atoms with E-state index in [-0.39, 0.29) is 29.3 Å². The lowest BCUT2D eigenvalue weighted by atomic mass is 10.0. The number of carbonyl (C=O) groups is 1. The molecule has 0 spiro atoms. The van der Waals surface area contributed by atoms with Crippen molar-refractivity contribution in [2.45, 2.75) is 13.8 Å². The number of benzene rings is 3. The summed E-state index contributed by atoms with van der Waals surface area (Å²) in [4.78, 5) is 25.8. The van der Waals surface area contributed by atoms with Gasteiger partial charge in [0, 0.05) is 16.1 Å². The molecule has 1 heterocycles. The first-order chi connectivity index (χ1) is 14.4. The first-order valence-corrected chi connectivity index (χ1v) is 9.87. The quantitative estimate of drug-likeness (QED) is 0.373. The maximum Gasteiger partial charge on any atom is 0.235 e. The lowest BCUT2D eigenvalue weighted by Gasteiger charge is -2.12. The van der Waals surface area contributed by atoms with E-state index in [1.807, 2.05) is 26.0 Å². The van der Waals surface area contributed by atoms with Crippen molar-refractivity contribution in [1.82, 2.24) is 0 Å². The van der Waals surface area contributed by atoms with Gasteiger partial charge in [-0.1, -0.05) is 35.9 Å². The summed E-state index contributed by atoms with van der Waals surface area (Å²) in [5.41, 5.74) is 3.42. The summed E-state index contributed by atoms with van der Waals surface area (Å²) in [7, 11) is 0. The Bertz CT molecular complexity index is 1300. The fourth-order valence-electron chi connectivity index (χ4n) is 3.18. The van der Waals surface area contributed by atoms with Gasteiger partial charge >= 0.3 is 0 Å². The number of ether oxygens (including phenoxy) is 1. The first kappa shape index (κ1) is 19.9. The van der Waals surface area contributed by atoms with Crippen molar-refractivity contribution in [2.24, 2.45) is 0 Å². The van der Waals surface area contributed by atoms with Gasteiger partial charge in [0.2, 0.25) is 11.2 Å². The summed E-state index contributed by atoms with van der Waals surface area (Å²) in [5.74, 6) is 0.0594. The van der Waals surface area contributed by atoms with Gasteiger partial charge in [0.25, 0.3) is 0 Å². The molecule has 0 bridgehead atoms. The molecule has 150 valence electrons. The van der Waals surface area contributed by atoms with E-state index < -0.39 is 0 Å². The molecule has 0 saturated heterocycles. The number of fused-ring (bicyclic) bond motifs is 1. The predicted octanol–water partition coefficient (Wildman–Crippen LogP) is 5.99. The molecule has 30 heavy (non-hydrogen) atoms. The molecule has 4 nitrogen and oxygen atoms in total. The van der Waals surface area contributed by atoms with Gasteiger partial charge in [0.05, 0.1) is 5.39 Å². The predicted molar refractivity (Wildman–Crippen MR) is 119 cm³/mol. The third-order valence-electron chi connectivity index (χ3n) is 5.04. The van der Waals surface area contributed by atoms with E-state index in [2.05, 4.69) is 0 Å². The van der Waals surface area contributed by atoms with E-state index >= 15 is 0 Å². The Morgan fingerprint density at radius 3 is 2.43 bits per heavy atom. The van der Waals surface area contributed by atoms with Gasteiger partial charge in [-0.15, -0.1) is 0 Å². The van der Waals surface area contributed by atoms with E-state index in [0.29, 0.717) is 27.1 Å². The van der Waals surface area contributed by atoms with Gasteiger partial charge in [-0.3, -0.25) is 9.59 Å². The summed E-state index contributed by atoms with van der Waals surface area (Å²) in [6.45, 7) is 3.66. The van der Waals surface area contributed by atoms with Crippen molar-refractivity contribution in [3.63, 3.8) is 0 Å². The minimum absolute atomic E-state index is 0.00760. The van der Waals surface area contributed by atoms with Crippen LogP contribution in [0.1, 0.15) is 21.5 Å². The number of ketones is 1. The van der Waals surface area contributed by atoms with Gasteiger partial charge in [-0.25, -0.2) is 0 Å². The van der Waals surface area contributed by atoms with Crippen LogP contribution in [0.3, 0.4) is 0 Å². The van der Waals surface area contributed by atoms with Crippen LogP contribution in [0.25, 0.3) is 22.3 Å². The SMILES string of the molecule is Cc1ccc(C(=O)COc2c(-c3ccc(Cl)cc3)oc3ccccc3c2=O)cc1C. The molecule has 0 amide bonds. The largest absolute Gasteiger partial charge is 0.478 e. The molecular weight excluding hydrogens is 400 g/mol. The van der Waals surface area contributed by atoms with Gasteiger partial charge < -0.3 is 9.15 Å². The summed E-state index contributed by atoms with van der Waals surface area (Å²) >= 11 is 5.99. The molecule has 0 radical (unpaired) electrons. The molecule has 0 saturated carbocycles. The Morgan fingerprint density at radius 2 is 1.70 bits per heavy atom. The number of Topliss-reactive ketones (excluding diaryl/α,β-unsaturated/α-hetero) is 1. The highest BCUT2D eigenvalue weighted by molar-refractivity contribution is 6.30. The van der Waals surface area contributed by atoms with Crippen LogP contribution in [-0.2, 0) is 0 Å². The average molecular weight is 419 g/mol. The molecule has 1 aromatic heterocycles. The molecule has 5 heteroatoms. The van der Waals surface area contributed by atoms with Crippen LogP contribution in [-0.4, -0.2) is 12.4 Å². The van der Waals surface area contributed by atoms with Crippen molar-refractivity contribution in [2.75, 3.05) is 6.61 Å². The molecule has 0 N–H and O–H groups in total. The minimum Gasteiger partial charge on any atom is -0.478 e. The number of aryl methyl sites for hydroxylation is 2. The van der Waals surface area contributed by atoms with E-state index in [9.17, 15) is 9.59 Å². The second kappa shape index (κ2) is 8.17. The zero-order valence-corrected chi connectivity index (χ0v) is 17.3. The maximum absolute atomic E-state index is 13.1. The lowest BCUT2D eigenvalue weighted by Crippen LogP contribution is -2.17. The third-order valence-corrected chi connectivity index (χ3v) is 5.29. The highest BCUT2D eigenvalue weighted by Crippen LogP contribution is 2.31. The van der Waals surface area contributed by atoms with E-state index in [0.717, 1.165) is 11.1 Å². The number of carbonyl (C=O) groups excluding carboxylic acids is 1. The standard InChI is InChI=1S/C25H19ClO4/c1-15-7-8-18(13-16(15)2)21(27)14-29-25-23(28)20-5-3-4-6-22(20)30-24(25)17-9-11-19(26)12-10-17/h3-13H,14H2,1-2H3. The number of hydrogen-bond donors (Lipinski definition) is 0. The fraction of sp³-hybridized carbons (Fsp3) is 0.120. The number of para-hydroxylation sites is 1. The van der Waals surface area contributed by atoms with E-state index in [1.165, 1.54) is 0 Å². The van der Waals surface area contributed by atoms with Gasteiger partial charge in [-0.2, -0.15) is 0 Å². The van der Waals surface area contributed by atoms with Gasteiger partial charge in [-0.05, 0) is 67.4 Å². The van der Waals surface area contributed by atoms with Crippen molar-refractivity contribution in [3.8, 4) is 17.1 Å². The van der Waals surface area contributed by atoms with Gasteiger partial charge in [0.1, 0.15) is 5.58 Å². The third kappa shape index (κ3) is 3.87. The Morgan fingerprint density at radius 1 is 0.967 bits per heavy atom. The van der Waals surface area contributed by atoms with Crippen LogP contribution >= 0.6 is 11.6 Å². The monoisotopic (exact) mass is 418 g/mol. The zero-order valence-electron chi connectivity index (χ0n) is 16.6.